The number of likely N-dealkylation sites (tertiary alicyclic amines) is 1. The Hall–Kier alpha value is -2.07. The van der Waals surface area contributed by atoms with Crippen LogP contribution in [0.3, 0.4) is 0 Å². The maximum atomic E-state index is 13.6. The fourth-order valence-corrected chi connectivity index (χ4v) is 3.96. The molecule has 2 N–H and O–H groups in total. The summed E-state index contributed by atoms with van der Waals surface area (Å²) in [6.45, 7) is -0.930. The topological polar surface area (TPSA) is 75.9 Å². The molecule has 11 heteroatoms. The first kappa shape index (κ1) is 20.7. The van der Waals surface area contributed by atoms with E-state index in [4.69, 9.17) is 22.1 Å². The van der Waals surface area contributed by atoms with Crippen molar-refractivity contribution >= 4 is 23.6 Å². The zero-order chi connectivity index (χ0) is 20.6. The lowest BCUT2D eigenvalue weighted by atomic mass is 9.90. The van der Waals surface area contributed by atoms with Gasteiger partial charge in [0.15, 0.2) is 6.10 Å². The number of amides is 2. The predicted molar refractivity (Wildman–Crippen MR) is 90.9 cm³/mol. The normalized spacial score (nSPS) is 24.5. The van der Waals surface area contributed by atoms with Crippen LogP contribution >= 0.6 is 11.6 Å². The average molecular weight is 424 g/mol. The molecule has 0 bridgehead atoms. The van der Waals surface area contributed by atoms with Crippen molar-refractivity contribution in [2.45, 2.75) is 24.7 Å². The van der Waals surface area contributed by atoms with Crippen molar-refractivity contribution in [3.05, 3.63) is 34.6 Å². The SMILES string of the molecule is NC(=O)C1CN([C@@H](c2ccc(F)c(Cl)c2)[C@H]2CCN(CC(F)(F)F)C2)C(=O)O1. The van der Waals surface area contributed by atoms with Gasteiger partial charge in [0.25, 0.3) is 5.91 Å². The Morgan fingerprint density at radius 3 is 2.64 bits per heavy atom. The number of halogens is 5. The van der Waals surface area contributed by atoms with Crippen LogP contribution in [-0.4, -0.2) is 60.3 Å². The summed E-state index contributed by atoms with van der Waals surface area (Å²) in [6, 6.07) is 3.15. The summed E-state index contributed by atoms with van der Waals surface area (Å²) >= 11 is 5.86. The molecule has 3 rings (SSSR count). The molecule has 1 aromatic carbocycles. The summed E-state index contributed by atoms with van der Waals surface area (Å²) in [5.41, 5.74) is 5.65. The molecule has 0 aromatic heterocycles. The molecule has 154 valence electrons. The van der Waals surface area contributed by atoms with E-state index in [-0.39, 0.29) is 30.6 Å². The minimum absolute atomic E-state index is 0.0736. The highest BCUT2D eigenvalue weighted by molar-refractivity contribution is 6.30. The lowest BCUT2D eigenvalue weighted by Gasteiger charge is -2.31. The molecule has 0 aliphatic carbocycles. The Morgan fingerprint density at radius 1 is 1.36 bits per heavy atom. The van der Waals surface area contributed by atoms with Gasteiger partial charge in [-0.15, -0.1) is 0 Å². The zero-order valence-electron chi connectivity index (χ0n) is 14.6. The molecule has 3 atom stereocenters. The third-order valence-electron chi connectivity index (χ3n) is 4.94. The van der Waals surface area contributed by atoms with E-state index >= 15 is 0 Å². The molecule has 1 unspecified atom stereocenters. The maximum absolute atomic E-state index is 13.6. The molecular formula is C17H18ClF4N3O3. The summed E-state index contributed by atoms with van der Waals surface area (Å²) in [5, 5.41) is -0.174. The van der Waals surface area contributed by atoms with Crippen LogP contribution in [0, 0.1) is 11.7 Å². The average Bonchev–Trinajstić information content (AvgIpc) is 3.17. The van der Waals surface area contributed by atoms with Gasteiger partial charge in [0, 0.05) is 6.54 Å². The van der Waals surface area contributed by atoms with Gasteiger partial charge in [-0.3, -0.25) is 14.6 Å². The number of carbonyl (C=O) groups excluding carboxylic acids is 2. The number of cyclic esters (lactones) is 1. The van der Waals surface area contributed by atoms with Gasteiger partial charge in [-0.1, -0.05) is 17.7 Å². The van der Waals surface area contributed by atoms with Crippen molar-refractivity contribution in [3.8, 4) is 0 Å². The number of hydrogen-bond acceptors (Lipinski definition) is 4. The molecule has 2 fully saturated rings. The van der Waals surface area contributed by atoms with Crippen LogP contribution in [0.5, 0.6) is 0 Å². The molecule has 2 aliphatic rings. The first-order valence-electron chi connectivity index (χ1n) is 8.56. The number of hydrogen-bond donors (Lipinski definition) is 1. The van der Waals surface area contributed by atoms with Crippen LogP contribution in [0.25, 0.3) is 0 Å². The van der Waals surface area contributed by atoms with Crippen molar-refractivity contribution in [2.24, 2.45) is 11.7 Å². The van der Waals surface area contributed by atoms with Crippen molar-refractivity contribution in [3.63, 3.8) is 0 Å². The van der Waals surface area contributed by atoms with Gasteiger partial charge < -0.3 is 10.5 Å². The summed E-state index contributed by atoms with van der Waals surface area (Å²) in [5.74, 6) is -1.87. The molecule has 6 nitrogen and oxygen atoms in total. The number of nitrogens with zero attached hydrogens (tertiary/aromatic N) is 2. The molecule has 2 amide bonds. The summed E-state index contributed by atoms with van der Waals surface area (Å²) in [7, 11) is 0. The molecular weight excluding hydrogens is 406 g/mol. The lowest BCUT2D eigenvalue weighted by molar-refractivity contribution is -0.144. The Kier molecular flexibility index (Phi) is 5.72. The first-order chi connectivity index (χ1) is 13.0. The van der Waals surface area contributed by atoms with E-state index in [0.29, 0.717) is 12.0 Å². The molecule has 2 saturated heterocycles. The number of alkyl halides is 3. The van der Waals surface area contributed by atoms with E-state index < -0.39 is 42.7 Å². The fourth-order valence-electron chi connectivity index (χ4n) is 3.78. The van der Waals surface area contributed by atoms with Crippen molar-refractivity contribution in [1.82, 2.24) is 9.80 Å². The molecule has 1 aromatic rings. The number of nitrogens with two attached hydrogens (primary N) is 1. The predicted octanol–water partition coefficient (Wildman–Crippen LogP) is 2.71. The number of primary amides is 1. The Morgan fingerprint density at radius 2 is 2.07 bits per heavy atom. The number of rotatable bonds is 5. The third-order valence-corrected chi connectivity index (χ3v) is 5.23. The van der Waals surface area contributed by atoms with Gasteiger partial charge >= 0.3 is 12.3 Å². The van der Waals surface area contributed by atoms with Crippen molar-refractivity contribution < 1.29 is 31.9 Å². The highest BCUT2D eigenvalue weighted by Gasteiger charge is 2.45. The van der Waals surface area contributed by atoms with E-state index in [2.05, 4.69) is 0 Å². The summed E-state index contributed by atoms with van der Waals surface area (Å²) in [6.07, 6.45) is -5.92. The van der Waals surface area contributed by atoms with E-state index in [0.717, 1.165) is 6.07 Å². The molecule has 2 aliphatic heterocycles. The second kappa shape index (κ2) is 7.75. The van der Waals surface area contributed by atoms with Crippen molar-refractivity contribution in [2.75, 3.05) is 26.2 Å². The Bertz CT molecular complexity index is 777. The van der Waals surface area contributed by atoms with E-state index in [1.54, 1.807) is 0 Å². The van der Waals surface area contributed by atoms with Gasteiger partial charge in [0.2, 0.25) is 0 Å². The van der Waals surface area contributed by atoms with E-state index in [1.165, 1.54) is 21.9 Å². The standard InChI is InChI=1S/C17H18ClF4N3O3/c18-11-5-9(1-2-12(11)19)14(25-7-13(15(23)26)28-16(25)27)10-3-4-24(6-10)8-17(20,21)22/h1-2,5,10,13-14H,3-4,6-8H2,(H2,23,26)/t10-,13?,14-/m0/s1. The van der Waals surface area contributed by atoms with Crippen LogP contribution < -0.4 is 5.73 Å². The van der Waals surface area contributed by atoms with Gasteiger partial charge in [0.1, 0.15) is 5.82 Å². The van der Waals surface area contributed by atoms with Gasteiger partial charge in [-0.05, 0) is 36.6 Å². The Labute approximate surface area is 163 Å². The smallest absolute Gasteiger partial charge is 0.411 e. The summed E-state index contributed by atoms with van der Waals surface area (Å²) < 4.78 is 56.7. The number of ether oxygens (including phenoxy) is 1. The van der Waals surface area contributed by atoms with Gasteiger partial charge in [-0.2, -0.15) is 13.2 Å². The molecule has 28 heavy (non-hydrogen) atoms. The summed E-state index contributed by atoms with van der Waals surface area (Å²) in [4.78, 5) is 26.2. The lowest BCUT2D eigenvalue weighted by Crippen LogP contribution is -2.39. The molecule has 2 heterocycles. The number of benzene rings is 1. The van der Waals surface area contributed by atoms with Gasteiger partial charge in [0.05, 0.1) is 24.2 Å². The minimum atomic E-state index is -4.34. The van der Waals surface area contributed by atoms with Crippen LogP contribution in [0.4, 0.5) is 22.4 Å². The van der Waals surface area contributed by atoms with E-state index in [1.807, 2.05) is 0 Å². The highest BCUT2D eigenvalue weighted by atomic mass is 35.5. The van der Waals surface area contributed by atoms with Crippen molar-refractivity contribution in [1.29, 1.82) is 0 Å². The van der Waals surface area contributed by atoms with Crippen LogP contribution in [0.15, 0.2) is 18.2 Å². The molecule has 0 saturated carbocycles. The zero-order valence-corrected chi connectivity index (χ0v) is 15.3. The Balaban J connectivity index is 1.88. The molecule has 0 spiro atoms. The van der Waals surface area contributed by atoms with Crippen LogP contribution in [0.2, 0.25) is 5.02 Å². The van der Waals surface area contributed by atoms with Gasteiger partial charge in [-0.25, -0.2) is 9.18 Å². The van der Waals surface area contributed by atoms with Crippen LogP contribution in [0.1, 0.15) is 18.0 Å². The number of carbonyl (C=O) groups is 2. The third kappa shape index (κ3) is 4.49. The highest BCUT2D eigenvalue weighted by Crippen LogP contribution is 2.39. The van der Waals surface area contributed by atoms with Crippen LogP contribution in [-0.2, 0) is 9.53 Å². The first-order valence-corrected chi connectivity index (χ1v) is 8.93. The second-order valence-corrected chi connectivity index (χ2v) is 7.35. The quantitative estimate of drug-likeness (QED) is 0.739. The van der Waals surface area contributed by atoms with E-state index in [9.17, 15) is 27.2 Å². The minimum Gasteiger partial charge on any atom is -0.434 e. The maximum Gasteiger partial charge on any atom is 0.411 e. The fraction of sp³-hybridized carbons (Fsp3) is 0.529. The second-order valence-electron chi connectivity index (χ2n) is 6.94. The molecule has 0 radical (unpaired) electrons. The largest absolute Gasteiger partial charge is 0.434 e. The monoisotopic (exact) mass is 423 g/mol.